The molecule has 8 heteroatoms. The normalized spacial score (nSPS) is 15.0. The summed E-state index contributed by atoms with van der Waals surface area (Å²) in [5.74, 6) is -0.259. The molecule has 0 atom stereocenters. The molecule has 1 aliphatic heterocycles. The van der Waals surface area contributed by atoms with Gasteiger partial charge in [-0.25, -0.2) is 0 Å². The maximum Gasteiger partial charge on any atom is 0.258 e. The molecule has 1 aromatic rings. The van der Waals surface area contributed by atoms with Gasteiger partial charge in [-0.2, -0.15) is 0 Å². The number of nitrogens with zero attached hydrogens (tertiary/aromatic N) is 3. The van der Waals surface area contributed by atoms with Crippen LogP contribution in [-0.2, 0) is 16.6 Å². The van der Waals surface area contributed by atoms with E-state index in [2.05, 4.69) is 10.4 Å². The molecule has 0 saturated carbocycles. The number of nitrogens with one attached hydrogen (secondary N) is 1. The summed E-state index contributed by atoms with van der Waals surface area (Å²) in [5.41, 5.74) is 0.310. The Kier molecular flexibility index (Phi) is 4.57. The molecule has 0 spiro atoms. The molecule has 2 rings (SSSR count). The van der Waals surface area contributed by atoms with Crippen molar-refractivity contribution < 1.29 is 19.1 Å². The zero-order chi connectivity index (χ0) is 14.5. The number of ether oxygens (including phenoxy) is 2. The highest BCUT2D eigenvalue weighted by molar-refractivity contribution is 5.98. The van der Waals surface area contributed by atoms with Crippen LogP contribution in [0.1, 0.15) is 10.4 Å². The summed E-state index contributed by atoms with van der Waals surface area (Å²) in [6.07, 6.45) is 1.55. The molecule has 2 heterocycles. The molecule has 0 bridgehead atoms. The summed E-state index contributed by atoms with van der Waals surface area (Å²) in [6.45, 7) is 2.15. The minimum atomic E-state index is -0.378. The van der Waals surface area contributed by atoms with Crippen LogP contribution in [0.3, 0.4) is 0 Å². The fraction of sp³-hybridized carbons (Fsp3) is 0.583. The second kappa shape index (κ2) is 6.38. The monoisotopic (exact) mass is 282 g/mol. The first-order chi connectivity index (χ1) is 9.61. The van der Waals surface area contributed by atoms with Gasteiger partial charge < -0.3 is 19.7 Å². The van der Waals surface area contributed by atoms with Crippen molar-refractivity contribution in [2.24, 2.45) is 7.05 Å². The predicted molar refractivity (Wildman–Crippen MR) is 69.5 cm³/mol. The van der Waals surface area contributed by atoms with Crippen molar-refractivity contribution in [1.82, 2.24) is 20.0 Å². The lowest BCUT2D eigenvalue weighted by Crippen LogP contribution is -2.45. The number of hydrogen-bond acceptors (Lipinski definition) is 5. The predicted octanol–water partition coefficient (Wildman–Crippen LogP) is -0.983. The van der Waals surface area contributed by atoms with Crippen LogP contribution < -0.4 is 10.1 Å². The van der Waals surface area contributed by atoms with Crippen LogP contribution in [0.4, 0.5) is 0 Å². The SMILES string of the molecule is COc1nn(C)cc1C(=O)NCC(=O)N1CCOCC1. The maximum atomic E-state index is 12.0. The molecule has 0 radical (unpaired) electrons. The van der Waals surface area contributed by atoms with E-state index in [4.69, 9.17) is 9.47 Å². The van der Waals surface area contributed by atoms with Crippen molar-refractivity contribution in [2.75, 3.05) is 40.0 Å². The van der Waals surface area contributed by atoms with Gasteiger partial charge in [-0.1, -0.05) is 0 Å². The Morgan fingerprint density at radius 2 is 2.15 bits per heavy atom. The van der Waals surface area contributed by atoms with Crippen molar-refractivity contribution in [1.29, 1.82) is 0 Å². The summed E-state index contributed by atoms with van der Waals surface area (Å²) >= 11 is 0. The lowest BCUT2D eigenvalue weighted by molar-refractivity contribution is -0.134. The smallest absolute Gasteiger partial charge is 0.258 e. The van der Waals surface area contributed by atoms with E-state index >= 15 is 0 Å². The van der Waals surface area contributed by atoms with Gasteiger partial charge in [0, 0.05) is 26.3 Å². The summed E-state index contributed by atoms with van der Waals surface area (Å²) in [4.78, 5) is 25.6. The number of carbonyl (C=O) groups is 2. The van der Waals surface area contributed by atoms with Crippen LogP contribution in [0.25, 0.3) is 0 Å². The van der Waals surface area contributed by atoms with E-state index in [1.165, 1.54) is 11.8 Å². The molecule has 8 nitrogen and oxygen atoms in total. The average Bonchev–Trinajstić information content (AvgIpc) is 2.86. The van der Waals surface area contributed by atoms with E-state index in [1.54, 1.807) is 18.1 Å². The fourth-order valence-electron chi connectivity index (χ4n) is 1.95. The van der Waals surface area contributed by atoms with Gasteiger partial charge in [0.05, 0.1) is 26.9 Å². The Bertz CT molecular complexity index is 494. The summed E-state index contributed by atoms with van der Waals surface area (Å²) in [7, 11) is 3.14. The van der Waals surface area contributed by atoms with E-state index < -0.39 is 0 Å². The largest absolute Gasteiger partial charge is 0.479 e. The van der Waals surface area contributed by atoms with E-state index in [0.717, 1.165) is 0 Å². The molecule has 1 fully saturated rings. The van der Waals surface area contributed by atoms with Crippen LogP contribution >= 0.6 is 0 Å². The summed E-state index contributed by atoms with van der Waals surface area (Å²) in [6, 6.07) is 0. The molecule has 0 unspecified atom stereocenters. The highest BCUT2D eigenvalue weighted by Gasteiger charge is 2.20. The van der Waals surface area contributed by atoms with Crippen molar-refractivity contribution >= 4 is 11.8 Å². The lowest BCUT2D eigenvalue weighted by atomic mass is 10.3. The Morgan fingerprint density at radius 1 is 1.45 bits per heavy atom. The van der Waals surface area contributed by atoms with Crippen LogP contribution in [-0.4, -0.2) is 66.5 Å². The zero-order valence-electron chi connectivity index (χ0n) is 11.6. The van der Waals surface area contributed by atoms with Crippen molar-refractivity contribution in [3.8, 4) is 5.88 Å². The van der Waals surface area contributed by atoms with Gasteiger partial charge in [0.1, 0.15) is 5.56 Å². The Balaban J connectivity index is 1.89. The van der Waals surface area contributed by atoms with Crippen LogP contribution in [0.15, 0.2) is 6.20 Å². The first-order valence-electron chi connectivity index (χ1n) is 6.33. The first kappa shape index (κ1) is 14.3. The molecule has 1 aromatic heterocycles. The van der Waals surface area contributed by atoms with Crippen LogP contribution in [0.2, 0.25) is 0 Å². The highest BCUT2D eigenvalue weighted by atomic mass is 16.5. The second-order valence-corrected chi connectivity index (χ2v) is 4.40. The molecule has 110 valence electrons. The van der Waals surface area contributed by atoms with Gasteiger partial charge in [0.2, 0.25) is 11.8 Å². The molecule has 0 aromatic carbocycles. The van der Waals surface area contributed by atoms with E-state index in [0.29, 0.717) is 31.9 Å². The molecule has 1 aliphatic rings. The van der Waals surface area contributed by atoms with E-state index in [9.17, 15) is 9.59 Å². The highest BCUT2D eigenvalue weighted by Crippen LogP contribution is 2.14. The fourth-order valence-corrected chi connectivity index (χ4v) is 1.95. The molecule has 1 saturated heterocycles. The third-order valence-corrected chi connectivity index (χ3v) is 3.00. The molecule has 2 amide bonds. The Hall–Kier alpha value is -2.09. The number of rotatable bonds is 4. The average molecular weight is 282 g/mol. The minimum absolute atomic E-state index is 0.0448. The Labute approximate surface area is 116 Å². The van der Waals surface area contributed by atoms with Gasteiger partial charge in [-0.3, -0.25) is 14.3 Å². The lowest BCUT2D eigenvalue weighted by Gasteiger charge is -2.26. The molecule has 0 aliphatic carbocycles. The van der Waals surface area contributed by atoms with Gasteiger partial charge >= 0.3 is 0 Å². The number of aromatic nitrogens is 2. The third-order valence-electron chi connectivity index (χ3n) is 3.00. The van der Waals surface area contributed by atoms with E-state index in [-0.39, 0.29) is 24.2 Å². The van der Waals surface area contributed by atoms with Gasteiger partial charge in [-0.05, 0) is 0 Å². The van der Waals surface area contributed by atoms with Crippen molar-refractivity contribution in [3.05, 3.63) is 11.8 Å². The van der Waals surface area contributed by atoms with Crippen molar-refractivity contribution in [3.63, 3.8) is 0 Å². The Morgan fingerprint density at radius 3 is 2.80 bits per heavy atom. The summed E-state index contributed by atoms with van der Waals surface area (Å²) in [5, 5.41) is 6.57. The van der Waals surface area contributed by atoms with Gasteiger partial charge in [-0.15, -0.1) is 5.10 Å². The number of methoxy groups -OCH3 is 1. The number of amides is 2. The molecular weight excluding hydrogens is 264 g/mol. The topological polar surface area (TPSA) is 85.7 Å². The van der Waals surface area contributed by atoms with Crippen LogP contribution in [0, 0.1) is 0 Å². The number of aryl methyl sites for hydroxylation is 1. The number of morpholine rings is 1. The molecule has 20 heavy (non-hydrogen) atoms. The van der Waals surface area contributed by atoms with Gasteiger partial charge in [0.25, 0.3) is 5.91 Å². The quantitative estimate of drug-likeness (QED) is 0.767. The standard InChI is InChI=1S/C12H18N4O4/c1-15-8-9(12(14-15)19-2)11(18)13-7-10(17)16-3-5-20-6-4-16/h8H,3-7H2,1-2H3,(H,13,18). The molecule has 1 N–H and O–H groups in total. The maximum absolute atomic E-state index is 12.0. The third kappa shape index (κ3) is 3.27. The second-order valence-electron chi connectivity index (χ2n) is 4.40. The van der Waals surface area contributed by atoms with Crippen LogP contribution in [0.5, 0.6) is 5.88 Å². The zero-order valence-corrected chi connectivity index (χ0v) is 11.6. The van der Waals surface area contributed by atoms with Gasteiger partial charge in [0.15, 0.2) is 0 Å². The molecular formula is C12H18N4O4. The van der Waals surface area contributed by atoms with E-state index in [1.807, 2.05) is 0 Å². The van der Waals surface area contributed by atoms with Crippen molar-refractivity contribution in [2.45, 2.75) is 0 Å². The minimum Gasteiger partial charge on any atom is -0.479 e. The summed E-state index contributed by atoms with van der Waals surface area (Å²) < 4.78 is 11.7. The number of carbonyl (C=O) groups excluding carboxylic acids is 2. The number of hydrogen-bond donors (Lipinski definition) is 1. The first-order valence-corrected chi connectivity index (χ1v) is 6.33.